The van der Waals surface area contributed by atoms with Gasteiger partial charge < -0.3 is 20.1 Å². The molecule has 1 heterocycles. The number of benzene rings is 1. The van der Waals surface area contributed by atoms with Crippen LogP contribution in [0.2, 0.25) is 5.02 Å². The van der Waals surface area contributed by atoms with Gasteiger partial charge in [0.05, 0.1) is 11.6 Å². The van der Waals surface area contributed by atoms with Crippen LogP contribution in [0.25, 0.3) is 0 Å². The van der Waals surface area contributed by atoms with E-state index in [2.05, 4.69) is 11.9 Å². The van der Waals surface area contributed by atoms with E-state index in [1.54, 1.807) is 0 Å². The van der Waals surface area contributed by atoms with Crippen LogP contribution >= 0.6 is 11.6 Å². The lowest BCUT2D eigenvalue weighted by Crippen LogP contribution is -2.42. The Hall–Kier alpha value is -0.810. The fourth-order valence-corrected chi connectivity index (χ4v) is 2.62. The quantitative estimate of drug-likeness (QED) is 0.902. The van der Waals surface area contributed by atoms with Crippen LogP contribution in [0.5, 0.6) is 5.75 Å². The third-order valence-corrected chi connectivity index (χ3v) is 3.64. The van der Waals surface area contributed by atoms with Gasteiger partial charge >= 0.3 is 0 Å². The van der Waals surface area contributed by atoms with Crippen LogP contribution in [0.1, 0.15) is 12.5 Å². The Balaban J connectivity index is 2.00. The zero-order chi connectivity index (χ0) is 14.5. The first kappa shape index (κ1) is 15.6. The first-order valence-corrected chi connectivity index (χ1v) is 7.40. The maximum Gasteiger partial charge on any atom is 0.141 e. The largest absolute Gasteiger partial charge is 0.489 e. The third-order valence-electron chi connectivity index (χ3n) is 3.35. The van der Waals surface area contributed by atoms with Crippen molar-refractivity contribution in [3.05, 3.63) is 28.8 Å². The molecule has 1 aromatic rings. The van der Waals surface area contributed by atoms with E-state index in [0.717, 1.165) is 37.4 Å². The highest BCUT2D eigenvalue weighted by molar-refractivity contribution is 6.32. The summed E-state index contributed by atoms with van der Waals surface area (Å²) in [5, 5.41) is 0.632. The normalized spacial score (nSPS) is 21.7. The summed E-state index contributed by atoms with van der Waals surface area (Å²) in [5.74, 6) is 0.739. The van der Waals surface area contributed by atoms with Gasteiger partial charge in [-0.25, -0.2) is 0 Å². The van der Waals surface area contributed by atoms with Crippen LogP contribution in [0, 0.1) is 0 Å². The molecule has 0 saturated carbocycles. The summed E-state index contributed by atoms with van der Waals surface area (Å²) in [7, 11) is 2.09. The van der Waals surface area contributed by atoms with Crippen molar-refractivity contribution in [1.29, 1.82) is 0 Å². The molecule has 2 N–H and O–H groups in total. The predicted molar refractivity (Wildman–Crippen MR) is 81.5 cm³/mol. The third kappa shape index (κ3) is 4.35. The number of halogens is 1. The van der Waals surface area contributed by atoms with E-state index in [1.807, 2.05) is 25.1 Å². The van der Waals surface area contributed by atoms with E-state index in [-0.39, 0.29) is 12.1 Å². The fraction of sp³-hybridized carbons (Fsp3) is 0.600. The lowest BCUT2D eigenvalue weighted by atomic mass is 10.1. The monoisotopic (exact) mass is 298 g/mol. The molecule has 1 aliphatic heterocycles. The van der Waals surface area contributed by atoms with Crippen LogP contribution in [0.3, 0.4) is 0 Å². The number of para-hydroxylation sites is 1. The second-order valence-electron chi connectivity index (χ2n) is 5.48. The minimum absolute atomic E-state index is 0.0767. The van der Waals surface area contributed by atoms with E-state index >= 15 is 0 Å². The van der Waals surface area contributed by atoms with Crippen molar-refractivity contribution in [2.24, 2.45) is 5.73 Å². The summed E-state index contributed by atoms with van der Waals surface area (Å²) < 4.78 is 11.6. The van der Waals surface area contributed by atoms with Gasteiger partial charge in [-0.1, -0.05) is 23.7 Å². The molecule has 20 heavy (non-hydrogen) atoms. The van der Waals surface area contributed by atoms with Crippen LogP contribution in [0.4, 0.5) is 0 Å². The Morgan fingerprint density at radius 2 is 2.35 bits per heavy atom. The topological polar surface area (TPSA) is 47.7 Å². The van der Waals surface area contributed by atoms with Crippen LogP contribution in [-0.2, 0) is 11.2 Å². The molecule has 1 saturated heterocycles. The van der Waals surface area contributed by atoms with E-state index in [9.17, 15) is 0 Å². The molecular weight excluding hydrogens is 276 g/mol. The molecule has 4 nitrogen and oxygen atoms in total. The molecule has 1 aliphatic rings. The second kappa shape index (κ2) is 7.27. The summed E-state index contributed by atoms with van der Waals surface area (Å²) in [6, 6.07) is 5.86. The second-order valence-corrected chi connectivity index (χ2v) is 5.88. The minimum Gasteiger partial charge on any atom is -0.489 e. The Labute approximate surface area is 125 Å². The number of rotatable bonds is 5. The maximum atomic E-state index is 6.24. The van der Waals surface area contributed by atoms with Gasteiger partial charge in [0.25, 0.3) is 0 Å². The molecule has 1 fully saturated rings. The average molecular weight is 299 g/mol. The van der Waals surface area contributed by atoms with Crippen molar-refractivity contribution in [2.45, 2.75) is 25.5 Å². The van der Waals surface area contributed by atoms with Crippen molar-refractivity contribution < 1.29 is 9.47 Å². The Morgan fingerprint density at radius 1 is 1.55 bits per heavy atom. The van der Waals surface area contributed by atoms with E-state index in [1.165, 1.54) is 0 Å². The highest BCUT2D eigenvalue weighted by atomic mass is 35.5. The molecule has 112 valence electrons. The molecular formula is C15H23ClN2O2. The van der Waals surface area contributed by atoms with Crippen molar-refractivity contribution in [3.63, 3.8) is 0 Å². The van der Waals surface area contributed by atoms with Crippen molar-refractivity contribution >= 4 is 11.6 Å². The van der Waals surface area contributed by atoms with Gasteiger partial charge in [0, 0.05) is 19.1 Å². The molecule has 0 radical (unpaired) electrons. The number of nitrogens with two attached hydrogens (primary N) is 1. The van der Waals surface area contributed by atoms with Crippen molar-refractivity contribution in [2.75, 3.05) is 33.4 Å². The Morgan fingerprint density at radius 3 is 3.05 bits per heavy atom. The SMILES string of the molecule is CC(N)Cc1cccc(Cl)c1OCC1CN(C)CCO1. The molecule has 0 amide bonds. The maximum absolute atomic E-state index is 6.24. The number of morpholine rings is 1. The summed E-state index contributed by atoms with van der Waals surface area (Å²) in [6.45, 7) is 5.09. The molecule has 0 spiro atoms. The predicted octanol–water partition coefficient (Wildman–Crippen LogP) is 1.94. The number of hydrogen-bond donors (Lipinski definition) is 1. The summed E-state index contributed by atoms with van der Waals surface area (Å²) in [6.07, 6.45) is 0.842. The number of likely N-dealkylation sites (N-methyl/N-ethyl adjacent to an activating group) is 1. The Bertz CT molecular complexity index is 440. The summed E-state index contributed by atoms with van der Waals surface area (Å²) in [4.78, 5) is 2.24. The lowest BCUT2D eigenvalue weighted by molar-refractivity contribution is -0.0404. The minimum atomic E-state index is 0.0767. The highest BCUT2D eigenvalue weighted by Crippen LogP contribution is 2.29. The van der Waals surface area contributed by atoms with Gasteiger partial charge in [-0.3, -0.25) is 0 Å². The smallest absolute Gasteiger partial charge is 0.141 e. The first-order chi connectivity index (χ1) is 9.56. The fourth-order valence-electron chi connectivity index (χ4n) is 2.37. The number of nitrogens with zero attached hydrogens (tertiary/aromatic N) is 1. The molecule has 0 aromatic heterocycles. The first-order valence-electron chi connectivity index (χ1n) is 7.02. The molecule has 2 rings (SSSR count). The van der Waals surface area contributed by atoms with Gasteiger partial charge in [-0.05, 0) is 32.0 Å². The van der Waals surface area contributed by atoms with Crippen LogP contribution in [0.15, 0.2) is 18.2 Å². The lowest BCUT2D eigenvalue weighted by Gasteiger charge is -2.30. The zero-order valence-corrected chi connectivity index (χ0v) is 12.9. The standard InChI is InChI=1S/C15H23ClN2O2/c1-11(17)8-12-4-3-5-14(16)15(12)20-10-13-9-18(2)6-7-19-13/h3-5,11,13H,6-10,17H2,1-2H3. The van der Waals surface area contributed by atoms with Gasteiger partial charge in [0.2, 0.25) is 0 Å². The Kier molecular flexibility index (Phi) is 5.66. The van der Waals surface area contributed by atoms with E-state index in [4.69, 9.17) is 26.8 Å². The van der Waals surface area contributed by atoms with Gasteiger partial charge in [-0.2, -0.15) is 0 Å². The average Bonchev–Trinajstić information content (AvgIpc) is 2.37. The van der Waals surface area contributed by atoms with Crippen molar-refractivity contribution in [3.8, 4) is 5.75 Å². The van der Waals surface area contributed by atoms with Gasteiger partial charge in [0.1, 0.15) is 18.5 Å². The van der Waals surface area contributed by atoms with E-state index < -0.39 is 0 Å². The summed E-state index contributed by atoms with van der Waals surface area (Å²) in [5.41, 5.74) is 6.92. The van der Waals surface area contributed by atoms with Crippen molar-refractivity contribution in [1.82, 2.24) is 4.90 Å². The highest BCUT2D eigenvalue weighted by Gasteiger charge is 2.19. The van der Waals surface area contributed by atoms with Gasteiger partial charge in [-0.15, -0.1) is 0 Å². The summed E-state index contributed by atoms with van der Waals surface area (Å²) >= 11 is 6.24. The van der Waals surface area contributed by atoms with Gasteiger partial charge in [0.15, 0.2) is 0 Å². The molecule has 0 aliphatic carbocycles. The molecule has 1 aromatic carbocycles. The molecule has 2 atom stereocenters. The van der Waals surface area contributed by atoms with Crippen LogP contribution in [-0.4, -0.2) is 50.4 Å². The number of hydrogen-bond acceptors (Lipinski definition) is 4. The number of ether oxygens (including phenoxy) is 2. The van der Waals surface area contributed by atoms with Crippen LogP contribution < -0.4 is 10.5 Å². The molecule has 2 unspecified atom stereocenters. The molecule has 0 bridgehead atoms. The van der Waals surface area contributed by atoms with E-state index in [0.29, 0.717) is 11.6 Å². The zero-order valence-electron chi connectivity index (χ0n) is 12.1. The molecule has 5 heteroatoms.